The second-order valence-corrected chi connectivity index (χ2v) is 6.41. The van der Waals surface area contributed by atoms with Gasteiger partial charge >= 0.3 is 12.1 Å². The lowest BCUT2D eigenvalue weighted by molar-refractivity contribution is -0.147. The number of esters is 1. The van der Waals surface area contributed by atoms with E-state index in [0.717, 1.165) is 11.1 Å². The number of rotatable bonds is 5. The first-order valence-corrected chi connectivity index (χ1v) is 8.30. The van der Waals surface area contributed by atoms with Crippen LogP contribution in [-0.4, -0.2) is 47.9 Å². The minimum Gasteiger partial charge on any atom is -0.467 e. The first-order chi connectivity index (χ1) is 11.9. The Morgan fingerprint density at radius 2 is 1.96 bits per heavy atom. The van der Waals surface area contributed by atoms with E-state index in [9.17, 15) is 14.7 Å². The van der Waals surface area contributed by atoms with Gasteiger partial charge < -0.3 is 14.6 Å². The van der Waals surface area contributed by atoms with Gasteiger partial charge in [-0.1, -0.05) is 42.0 Å². The van der Waals surface area contributed by atoms with Crippen LogP contribution in [0, 0.1) is 5.92 Å². The average Bonchev–Trinajstić information content (AvgIpc) is 2.94. The van der Waals surface area contributed by atoms with Gasteiger partial charge in [-0.3, -0.25) is 4.90 Å². The van der Waals surface area contributed by atoms with Crippen molar-refractivity contribution in [2.45, 2.75) is 39.0 Å². The number of carbonyl (C=O) groups excluding carboxylic acids is 2. The van der Waals surface area contributed by atoms with Crippen LogP contribution in [0.25, 0.3) is 0 Å². The average molecular weight is 347 g/mol. The van der Waals surface area contributed by atoms with Crippen molar-refractivity contribution in [3.05, 3.63) is 47.5 Å². The molecule has 0 radical (unpaired) electrons. The third kappa shape index (κ3) is 4.82. The molecule has 136 valence electrons. The Balaban J connectivity index is 2.10. The van der Waals surface area contributed by atoms with Crippen molar-refractivity contribution in [1.82, 2.24) is 4.90 Å². The summed E-state index contributed by atoms with van der Waals surface area (Å²) in [7, 11) is 1.28. The number of carbonyl (C=O) groups is 2. The molecule has 25 heavy (non-hydrogen) atoms. The Kier molecular flexibility index (Phi) is 6.58. The Morgan fingerprint density at radius 1 is 1.28 bits per heavy atom. The van der Waals surface area contributed by atoms with Gasteiger partial charge in [0.05, 0.1) is 19.8 Å². The summed E-state index contributed by atoms with van der Waals surface area (Å²) in [6.45, 7) is 4.05. The fraction of sp³-hybridized carbons (Fsp3) is 0.474. The molecule has 1 N–H and O–H groups in total. The van der Waals surface area contributed by atoms with Crippen LogP contribution in [0.2, 0.25) is 0 Å². The van der Waals surface area contributed by atoms with E-state index in [0.29, 0.717) is 6.42 Å². The van der Waals surface area contributed by atoms with Gasteiger partial charge in [-0.15, -0.1) is 0 Å². The molecule has 1 aliphatic rings. The van der Waals surface area contributed by atoms with E-state index in [1.54, 1.807) is 0 Å². The number of amides is 1. The summed E-state index contributed by atoms with van der Waals surface area (Å²) in [4.78, 5) is 25.9. The molecule has 6 heteroatoms. The van der Waals surface area contributed by atoms with Crippen LogP contribution in [0.4, 0.5) is 4.79 Å². The van der Waals surface area contributed by atoms with Gasteiger partial charge in [0, 0.05) is 5.92 Å². The van der Waals surface area contributed by atoms with Crippen molar-refractivity contribution in [3.63, 3.8) is 0 Å². The molecule has 0 saturated carbocycles. The quantitative estimate of drug-likeness (QED) is 0.654. The van der Waals surface area contributed by atoms with Gasteiger partial charge in [0.2, 0.25) is 0 Å². The number of allylic oxidation sites excluding steroid dienone is 2. The molecule has 1 saturated heterocycles. The molecule has 1 aliphatic heterocycles. The first-order valence-electron chi connectivity index (χ1n) is 8.30. The number of ether oxygens (including phenoxy) is 2. The van der Waals surface area contributed by atoms with Crippen molar-refractivity contribution in [3.8, 4) is 0 Å². The van der Waals surface area contributed by atoms with Crippen molar-refractivity contribution in [2.24, 2.45) is 5.92 Å². The number of hydrogen-bond acceptors (Lipinski definition) is 5. The molecule has 0 spiro atoms. The number of methoxy groups -OCH3 is 1. The van der Waals surface area contributed by atoms with E-state index in [1.807, 2.05) is 50.3 Å². The molecule has 1 fully saturated rings. The lowest BCUT2D eigenvalue weighted by Crippen LogP contribution is -2.44. The molecule has 0 aromatic heterocycles. The van der Waals surface area contributed by atoms with Gasteiger partial charge in [-0.2, -0.15) is 0 Å². The van der Waals surface area contributed by atoms with E-state index in [4.69, 9.17) is 9.47 Å². The van der Waals surface area contributed by atoms with Crippen LogP contribution >= 0.6 is 0 Å². The fourth-order valence-corrected chi connectivity index (χ4v) is 2.96. The number of benzene rings is 1. The van der Waals surface area contributed by atoms with E-state index in [-0.39, 0.29) is 13.2 Å². The molecule has 0 bridgehead atoms. The van der Waals surface area contributed by atoms with Gasteiger partial charge in [0.15, 0.2) is 0 Å². The molecule has 0 unspecified atom stereocenters. The highest BCUT2D eigenvalue weighted by Gasteiger charge is 2.48. The molecular formula is C19H25NO5. The number of likely N-dealkylation sites (tertiary alicyclic amines) is 1. The number of nitrogens with zero attached hydrogens (tertiary/aromatic N) is 1. The lowest BCUT2D eigenvalue weighted by atomic mass is 9.93. The predicted molar refractivity (Wildman–Crippen MR) is 92.7 cm³/mol. The summed E-state index contributed by atoms with van der Waals surface area (Å²) in [5.41, 5.74) is 1.94. The highest BCUT2D eigenvalue weighted by Crippen LogP contribution is 2.30. The van der Waals surface area contributed by atoms with E-state index in [1.165, 1.54) is 12.0 Å². The van der Waals surface area contributed by atoms with Crippen molar-refractivity contribution in [1.29, 1.82) is 0 Å². The maximum Gasteiger partial charge on any atom is 0.410 e. The number of aliphatic hydroxyl groups is 1. The fourth-order valence-electron chi connectivity index (χ4n) is 2.96. The molecule has 6 nitrogen and oxygen atoms in total. The standard InChI is InChI=1S/C19H25NO5/c1-13(2)9-10-15-16(21)11-20(17(15)18(22)24-3)19(23)25-12-14-7-5-4-6-8-14/h4-9,15-17,21H,10-12H2,1-3H3/t15-,16-,17+/m1/s1. The highest BCUT2D eigenvalue weighted by atomic mass is 16.6. The topological polar surface area (TPSA) is 76.1 Å². The third-order valence-electron chi connectivity index (χ3n) is 4.30. The van der Waals surface area contributed by atoms with Gasteiger partial charge in [0.25, 0.3) is 0 Å². The highest BCUT2D eigenvalue weighted by molar-refractivity contribution is 5.82. The molecule has 1 aromatic carbocycles. The van der Waals surface area contributed by atoms with Crippen molar-refractivity contribution < 1.29 is 24.2 Å². The number of hydrogen-bond donors (Lipinski definition) is 1. The summed E-state index contributed by atoms with van der Waals surface area (Å²) in [6.07, 6.45) is 1.01. The number of aliphatic hydroxyl groups excluding tert-OH is 1. The Bertz CT molecular complexity index is 624. The molecule has 1 amide bonds. The van der Waals surface area contributed by atoms with Gasteiger partial charge in [-0.05, 0) is 25.8 Å². The number of β-amino-alcohol motifs (C(OH)–C–C–N with tert-alkyl or cyclic N) is 1. The van der Waals surface area contributed by atoms with Crippen LogP contribution in [0.15, 0.2) is 42.0 Å². The second-order valence-electron chi connectivity index (χ2n) is 6.41. The van der Waals surface area contributed by atoms with Crippen LogP contribution in [-0.2, 0) is 20.9 Å². The monoisotopic (exact) mass is 347 g/mol. The van der Waals surface area contributed by atoms with Crippen LogP contribution < -0.4 is 0 Å². The summed E-state index contributed by atoms with van der Waals surface area (Å²) in [5, 5.41) is 10.3. The zero-order chi connectivity index (χ0) is 18.4. The summed E-state index contributed by atoms with van der Waals surface area (Å²) in [6, 6.07) is 8.44. The molecule has 1 heterocycles. The second kappa shape index (κ2) is 8.67. The molecule has 1 aromatic rings. The summed E-state index contributed by atoms with van der Waals surface area (Å²) in [5.74, 6) is -0.952. The normalized spacial score (nSPS) is 22.4. The first kappa shape index (κ1) is 19.0. The minimum atomic E-state index is -0.848. The molecule has 3 atom stereocenters. The lowest BCUT2D eigenvalue weighted by Gasteiger charge is -2.24. The SMILES string of the molecule is COC(=O)[C@@H]1[C@H](CC=C(C)C)[C@H](O)CN1C(=O)OCc1ccccc1. The predicted octanol–water partition coefficient (Wildman–Crippen LogP) is 2.51. The van der Waals surface area contributed by atoms with Gasteiger partial charge in [0.1, 0.15) is 12.6 Å². The molecular weight excluding hydrogens is 322 g/mol. The summed E-state index contributed by atoms with van der Waals surface area (Å²) < 4.78 is 10.2. The maximum absolute atomic E-state index is 12.4. The Labute approximate surface area is 148 Å². The largest absolute Gasteiger partial charge is 0.467 e. The summed E-state index contributed by atoms with van der Waals surface area (Å²) >= 11 is 0. The Morgan fingerprint density at radius 3 is 2.56 bits per heavy atom. The van der Waals surface area contributed by atoms with E-state index in [2.05, 4.69) is 0 Å². The smallest absolute Gasteiger partial charge is 0.410 e. The van der Waals surface area contributed by atoms with E-state index < -0.39 is 30.1 Å². The zero-order valence-electron chi connectivity index (χ0n) is 14.8. The zero-order valence-corrected chi connectivity index (χ0v) is 14.8. The van der Waals surface area contributed by atoms with E-state index >= 15 is 0 Å². The Hall–Kier alpha value is -2.34. The third-order valence-corrected chi connectivity index (χ3v) is 4.30. The van der Waals surface area contributed by atoms with Crippen LogP contribution in [0.3, 0.4) is 0 Å². The molecule has 2 rings (SSSR count). The van der Waals surface area contributed by atoms with Crippen molar-refractivity contribution in [2.75, 3.05) is 13.7 Å². The van der Waals surface area contributed by atoms with Crippen LogP contribution in [0.1, 0.15) is 25.8 Å². The molecule has 0 aliphatic carbocycles. The van der Waals surface area contributed by atoms with Crippen molar-refractivity contribution >= 4 is 12.1 Å². The van der Waals surface area contributed by atoms with Gasteiger partial charge in [-0.25, -0.2) is 9.59 Å². The van der Waals surface area contributed by atoms with Crippen LogP contribution in [0.5, 0.6) is 0 Å². The maximum atomic E-state index is 12.4. The minimum absolute atomic E-state index is 0.0503.